The van der Waals surface area contributed by atoms with Crippen molar-refractivity contribution in [1.29, 1.82) is 0 Å². The van der Waals surface area contributed by atoms with E-state index in [1.54, 1.807) is 14.2 Å². The third kappa shape index (κ3) is 3.14. The number of hydrogen-bond acceptors (Lipinski definition) is 5. The molecule has 0 saturated carbocycles. The molecule has 0 aromatic heterocycles. The number of hydrogen-bond donors (Lipinski definition) is 1. The second-order valence-corrected chi connectivity index (χ2v) is 5.01. The predicted molar refractivity (Wildman–Crippen MR) is 85.3 cm³/mol. The molecule has 22 heavy (non-hydrogen) atoms. The van der Waals surface area contributed by atoms with Crippen LogP contribution in [0.3, 0.4) is 0 Å². The summed E-state index contributed by atoms with van der Waals surface area (Å²) in [5.74, 6) is 0.794. The molecule has 0 bridgehead atoms. The van der Waals surface area contributed by atoms with Crippen LogP contribution in [0.25, 0.3) is 10.8 Å². The van der Waals surface area contributed by atoms with E-state index in [-0.39, 0.29) is 12.5 Å². The minimum absolute atomic E-state index is 0.222. The third-order valence-corrected chi connectivity index (χ3v) is 3.75. The second-order valence-electron chi connectivity index (χ2n) is 5.01. The largest absolute Gasteiger partial charge is 0.496 e. The highest BCUT2D eigenvalue weighted by molar-refractivity contribution is 5.90. The molecule has 0 amide bonds. The van der Waals surface area contributed by atoms with E-state index in [1.807, 2.05) is 30.3 Å². The zero-order valence-electron chi connectivity index (χ0n) is 13.1. The highest BCUT2D eigenvalue weighted by atomic mass is 16.5. The molecule has 0 saturated heterocycles. The predicted octanol–water partition coefficient (Wildman–Crippen LogP) is 2.15. The Morgan fingerprint density at radius 2 is 1.86 bits per heavy atom. The second kappa shape index (κ2) is 7.13. The fourth-order valence-corrected chi connectivity index (χ4v) is 2.54. The SMILES string of the molecule is COC(=O)[C@H](CN)Cc1cc2c(OC)cccc2cc1OC. The van der Waals surface area contributed by atoms with Crippen molar-refractivity contribution in [2.75, 3.05) is 27.9 Å². The van der Waals surface area contributed by atoms with Gasteiger partial charge < -0.3 is 19.9 Å². The van der Waals surface area contributed by atoms with E-state index in [0.717, 1.165) is 27.8 Å². The molecule has 0 unspecified atom stereocenters. The molecule has 0 radical (unpaired) electrons. The monoisotopic (exact) mass is 303 g/mol. The van der Waals surface area contributed by atoms with Crippen molar-refractivity contribution in [1.82, 2.24) is 0 Å². The van der Waals surface area contributed by atoms with Crippen molar-refractivity contribution in [2.24, 2.45) is 11.7 Å². The van der Waals surface area contributed by atoms with E-state index in [2.05, 4.69) is 0 Å². The van der Waals surface area contributed by atoms with Crippen LogP contribution < -0.4 is 15.2 Å². The summed E-state index contributed by atoms with van der Waals surface area (Å²) < 4.78 is 15.6. The van der Waals surface area contributed by atoms with Crippen molar-refractivity contribution in [2.45, 2.75) is 6.42 Å². The van der Waals surface area contributed by atoms with E-state index in [4.69, 9.17) is 19.9 Å². The summed E-state index contributed by atoms with van der Waals surface area (Å²) in [6.07, 6.45) is 0.459. The number of carbonyl (C=O) groups excluding carboxylic acids is 1. The Kier molecular flexibility index (Phi) is 5.22. The molecule has 1 atom stereocenters. The van der Waals surface area contributed by atoms with Gasteiger partial charge in [0.1, 0.15) is 11.5 Å². The Hall–Kier alpha value is -2.27. The molecule has 5 heteroatoms. The molecule has 2 aromatic carbocycles. The quantitative estimate of drug-likeness (QED) is 0.828. The van der Waals surface area contributed by atoms with E-state index < -0.39 is 5.92 Å². The number of nitrogens with two attached hydrogens (primary N) is 1. The van der Waals surface area contributed by atoms with Crippen LogP contribution in [0.15, 0.2) is 30.3 Å². The van der Waals surface area contributed by atoms with Crippen LogP contribution in [0.5, 0.6) is 11.5 Å². The number of benzene rings is 2. The van der Waals surface area contributed by atoms with Gasteiger partial charge in [0.15, 0.2) is 0 Å². The maximum atomic E-state index is 11.8. The zero-order valence-corrected chi connectivity index (χ0v) is 13.1. The number of carbonyl (C=O) groups is 1. The van der Waals surface area contributed by atoms with Gasteiger partial charge in [-0.2, -0.15) is 0 Å². The maximum Gasteiger partial charge on any atom is 0.310 e. The molecule has 0 spiro atoms. The lowest BCUT2D eigenvalue weighted by Crippen LogP contribution is -2.27. The van der Waals surface area contributed by atoms with Crippen molar-refractivity contribution >= 4 is 16.7 Å². The summed E-state index contributed by atoms with van der Waals surface area (Å²) in [5, 5.41) is 1.99. The maximum absolute atomic E-state index is 11.8. The Balaban J connectivity index is 2.49. The number of rotatable bonds is 6. The first-order valence-corrected chi connectivity index (χ1v) is 7.06. The Bertz CT molecular complexity index is 669. The summed E-state index contributed by atoms with van der Waals surface area (Å²) in [4.78, 5) is 11.8. The average Bonchev–Trinajstić information content (AvgIpc) is 2.57. The molecule has 0 aliphatic heterocycles. The molecular weight excluding hydrogens is 282 g/mol. The molecule has 2 aromatic rings. The van der Waals surface area contributed by atoms with E-state index in [9.17, 15) is 4.79 Å². The summed E-state index contributed by atoms with van der Waals surface area (Å²) in [6, 6.07) is 9.75. The van der Waals surface area contributed by atoms with Crippen molar-refractivity contribution in [3.63, 3.8) is 0 Å². The van der Waals surface area contributed by atoms with Gasteiger partial charge in [-0.3, -0.25) is 4.79 Å². The molecule has 118 valence electrons. The third-order valence-electron chi connectivity index (χ3n) is 3.75. The van der Waals surface area contributed by atoms with Crippen molar-refractivity contribution in [3.05, 3.63) is 35.9 Å². The Labute approximate surface area is 130 Å². The Morgan fingerprint density at radius 3 is 2.45 bits per heavy atom. The molecule has 5 nitrogen and oxygen atoms in total. The van der Waals surface area contributed by atoms with Gasteiger partial charge in [0.25, 0.3) is 0 Å². The van der Waals surface area contributed by atoms with Crippen LogP contribution >= 0.6 is 0 Å². The van der Waals surface area contributed by atoms with Gasteiger partial charge in [0.05, 0.1) is 27.2 Å². The van der Waals surface area contributed by atoms with Gasteiger partial charge in [0, 0.05) is 11.9 Å². The van der Waals surface area contributed by atoms with Crippen LogP contribution in [-0.4, -0.2) is 33.8 Å². The summed E-state index contributed by atoms with van der Waals surface area (Å²) in [7, 11) is 4.61. The molecule has 0 aliphatic rings. The smallest absolute Gasteiger partial charge is 0.310 e. The first kappa shape index (κ1) is 16.1. The van der Waals surface area contributed by atoms with E-state index in [0.29, 0.717) is 6.42 Å². The first-order chi connectivity index (χ1) is 10.6. The first-order valence-electron chi connectivity index (χ1n) is 7.06. The number of fused-ring (bicyclic) bond motifs is 1. The summed E-state index contributed by atoms with van der Waals surface area (Å²) in [6.45, 7) is 0.222. The number of esters is 1. The number of ether oxygens (including phenoxy) is 3. The molecule has 0 aliphatic carbocycles. The normalized spacial score (nSPS) is 12.0. The topological polar surface area (TPSA) is 70.8 Å². The van der Waals surface area contributed by atoms with Crippen LogP contribution in [-0.2, 0) is 16.0 Å². The van der Waals surface area contributed by atoms with Crippen LogP contribution in [0.4, 0.5) is 0 Å². The molecule has 0 fully saturated rings. The average molecular weight is 303 g/mol. The van der Waals surface area contributed by atoms with Crippen molar-refractivity contribution in [3.8, 4) is 11.5 Å². The lowest BCUT2D eigenvalue weighted by atomic mass is 9.96. The highest BCUT2D eigenvalue weighted by Crippen LogP contribution is 2.33. The highest BCUT2D eigenvalue weighted by Gasteiger charge is 2.20. The zero-order chi connectivity index (χ0) is 16.1. The van der Waals surface area contributed by atoms with Crippen molar-refractivity contribution < 1.29 is 19.0 Å². The standard InChI is InChI=1S/C17H21NO4/c1-20-15-6-4-5-11-9-16(21-2)12(8-14(11)15)7-13(10-18)17(19)22-3/h4-6,8-9,13H,7,10,18H2,1-3H3/t13-/m0/s1. The molecule has 2 rings (SSSR count). The Morgan fingerprint density at radius 1 is 1.14 bits per heavy atom. The van der Waals surface area contributed by atoms with E-state index >= 15 is 0 Å². The van der Waals surface area contributed by atoms with Crippen LogP contribution in [0.1, 0.15) is 5.56 Å². The van der Waals surface area contributed by atoms with Crippen LogP contribution in [0.2, 0.25) is 0 Å². The van der Waals surface area contributed by atoms with Gasteiger partial charge >= 0.3 is 5.97 Å². The van der Waals surface area contributed by atoms with Gasteiger partial charge in [-0.25, -0.2) is 0 Å². The van der Waals surface area contributed by atoms with Gasteiger partial charge in [0.2, 0.25) is 0 Å². The van der Waals surface area contributed by atoms with Gasteiger partial charge in [-0.05, 0) is 35.6 Å². The molecule has 2 N–H and O–H groups in total. The lowest BCUT2D eigenvalue weighted by Gasteiger charge is -2.16. The minimum Gasteiger partial charge on any atom is -0.496 e. The fourth-order valence-electron chi connectivity index (χ4n) is 2.54. The summed E-state index contributed by atoms with van der Waals surface area (Å²) in [5.41, 5.74) is 6.59. The minimum atomic E-state index is -0.397. The summed E-state index contributed by atoms with van der Waals surface area (Å²) >= 11 is 0. The molecular formula is C17H21NO4. The fraction of sp³-hybridized carbons (Fsp3) is 0.353. The molecule has 0 heterocycles. The van der Waals surface area contributed by atoms with E-state index in [1.165, 1.54) is 7.11 Å². The van der Waals surface area contributed by atoms with Gasteiger partial charge in [-0.1, -0.05) is 12.1 Å². The number of methoxy groups -OCH3 is 3. The lowest BCUT2D eigenvalue weighted by molar-refractivity contribution is -0.145. The van der Waals surface area contributed by atoms with Crippen LogP contribution in [0, 0.1) is 5.92 Å². The van der Waals surface area contributed by atoms with Gasteiger partial charge in [-0.15, -0.1) is 0 Å².